The van der Waals surface area contributed by atoms with Crippen LogP contribution in [0.4, 0.5) is 5.69 Å². The highest BCUT2D eigenvalue weighted by atomic mass is 35.5. The molecule has 4 aromatic carbocycles. The molecule has 0 fully saturated rings. The molecule has 0 saturated heterocycles. The van der Waals surface area contributed by atoms with E-state index in [1.54, 1.807) is 42.5 Å². The number of anilines is 1. The molecular weight excluding hydrogens is 653 g/mol. The Bertz CT molecular complexity index is 1750. The highest BCUT2D eigenvalue weighted by Crippen LogP contribution is 2.33. The van der Waals surface area contributed by atoms with Gasteiger partial charge in [0, 0.05) is 28.5 Å². The Morgan fingerprint density at radius 3 is 2.00 bits per heavy atom. The van der Waals surface area contributed by atoms with Crippen LogP contribution in [-0.2, 0) is 32.6 Å². The second kappa shape index (κ2) is 14.7. The van der Waals surface area contributed by atoms with Crippen molar-refractivity contribution < 1.29 is 18.0 Å². The summed E-state index contributed by atoms with van der Waals surface area (Å²) >= 11 is 19.2. The Morgan fingerprint density at radius 2 is 1.40 bits per heavy atom. The molecule has 4 rings (SSSR count). The molecule has 0 aliphatic carbocycles. The minimum absolute atomic E-state index is 0.0345. The van der Waals surface area contributed by atoms with Crippen molar-refractivity contribution in [2.45, 2.75) is 50.2 Å². The van der Waals surface area contributed by atoms with Gasteiger partial charge in [0.05, 0.1) is 15.6 Å². The lowest BCUT2D eigenvalue weighted by Gasteiger charge is -2.35. The van der Waals surface area contributed by atoms with Crippen LogP contribution in [0.15, 0.2) is 108 Å². The van der Waals surface area contributed by atoms with Gasteiger partial charge in [0.15, 0.2) is 0 Å². The van der Waals surface area contributed by atoms with E-state index in [1.165, 1.54) is 35.2 Å². The quantitative estimate of drug-likeness (QED) is 0.178. The number of carbonyl (C=O) groups is 2. The third-order valence-corrected chi connectivity index (χ3v) is 9.54. The van der Waals surface area contributed by atoms with Crippen molar-refractivity contribution in [3.8, 4) is 0 Å². The summed E-state index contributed by atoms with van der Waals surface area (Å²) in [6, 6.07) is 27.4. The second-order valence-corrected chi connectivity index (χ2v) is 14.6. The number of halogens is 3. The molecule has 1 atom stereocenters. The molecule has 7 nitrogen and oxygen atoms in total. The van der Waals surface area contributed by atoms with E-state index in [0.717, 1.165) is 9.87 Å². The Morgan fingerprint density at radius 1 is 0.800 bits per heavy atom. The summed E-state index contributed by atoms with van der Waals surface area (Å²) in [7, 11) is -4.30. The molecule has 0 spiro atoms. The topological polar surface area (TPSA) is 86.8 Å². The molecular formula is C34H34Cl3N3O4S. The Labute approximate surface area is 279 Å². The van der Waals surface area contributed by atoms with Crippen LogP contribution in [-0.4, -0.2) is 43.3 Å². The second-order valence-electron chi connectivity index (χ2n) is 11.5. The maximum absolute atomic E-state index is 14.5. The average molecular weight is 687 g/mol. The first-order chi connectivity index (χ1) is 21.3. The van der Waals surface area contributed by atoms with Crippen molar-refractivity contribution in [1.82, 2.24) is 10.2 Å². The van der Waals surface area contributed by atoms with Crippen LogP contribution in [0, 0.1) is 0 Å². The lowest BCUT2D eigenvalue weighted by molar-refractivity contribution is -0.140. The van der Waals surface area contributed by atoms with Gasteiger partial charge in [-0.25, -0.2) is 8.42 Å². The number of nitrogens with zero attached hydrogens (tertiary/aromatic N) is 2. The zero-order valence-corrected chi connectivity index (χ0v) is 28.2. The van der Waals surface area contributed by atoms with Crippen LogP contribution in [0.2, 0.25) is 15.1 Å². The van der Waals surface area contributed by atoms with Crippen LogP contribution in [0.5, 0.6) is 0 Å². The summed E-state index contributed by atoms with van der Waals surface area (Å²) in [6.45, 7) is 4.84. The van der Waals surface area contributed by atoms with E-state index in [1.807, 2.05) is 51.1 Å². The molecule has 0 saturated carbocycles. The number of carbonyl (C=O) groups excluding carboxylic acids is 2. The van der Waals surface area contributed by atoms with Crippen molar-refractivity contribution in [3.63, 3.8) is 0 Å². The van der Waals surface area contributed by atoms with Crippen LogP contribution in [0.3, 0.4) is 0 Å². The van der Waals surface area contributed by atoms with Crippen molar-refractivity contribution in [1.29, 1.82) is 0 Å². The van der Waals surface area contributed by atoms with E-state index in [9.17, 15) is 18.0 Å². The molecule has 236 valence electrons. The molecule has 0 aliphatic heterocycles. The normalized spacial score (nSPS) is 12.3. The van der Waals surface area contributed by atoms with E-state index in [4.69, 9.17) is 34.8 Å². The third kappa shape index (κ3) is 9.01. The van der Waals surface area contributed by atoms with Crippen LogP contribution < -0.4 is 9.62 Å². The first kappa shape index (κ1) is 34.3. The molecule has 0 radical (unpaired) electrons. The average Bonchev–Trinajstić information content (AvgIpc) is 2.99. The first-order valence-corrected chi connectivity index (χ1v) is 16.8. The lowest BCUT2D eigenvalue weighted by atomic mass is 10.0. The summed E-state index contributed by atoms with van der Waals surface area (Å²) in [5.74, 6) is -1.03. The number of hydrogen-bond acceptors (Lipinski definition) is 4. The minimum atomic E-state index is -4.30. The summed E-state index contributed by atoms with van der Waals surface area (Å²) < 4.78 is 29.1. The first-order valence-electron chi connectivity index (χ1n) is 14.2. The van der Waals surface area contributed by atoms with Crippen LogP contribution in [0.1, 0.15) is 31.9 Å². The molecule has 11 heteroatoms. The lowest BCUT2D eigenvalue weighted by Crippen LogP contribution is -2.56. The fourth-order valence-electron chi connectivity index (χ4n) is 4.73. The van der Waals surface area contributed by atoms with Gasteiger partial charge in [0.25, 0.3) is 10.0 Å². The molecule has 0 aromatic heterocycles. The highest BCUT2D eigenvalue weighted by molar-refractivity contribution is 7.92. The number of rotatable bonds is 11. The molecule has 1 N–H and O–H groups in total. The summed E-state index contributed by atoms with van der Waals surface area (Å²) in [6.07, 6.45) is 0.173. The molecule has 1 unspecified atom stereocenters. The van der Waals surface area contributed by atoms with E-state index < -0.39 is 40.0 Å². The molecule has 2 amide bonds. The van der Waals surface area contributed by atoms with Gasteiger partial charge in [-0.3, -0.25) is 13.9 Å². The number of benzene rings is 4. The summed E-state index contributed by atoms with van der Waals surface area (Å²) in [5, 5.41) is 3.74. The maximum atomic E-state index is 14.5. The van der Waals surface area contributed by atoms with Crippen LogP contribution in [0.25, 0.3) is 0 Å². The molecule has 4 aromatic rings. The van der Waals surface area contributed by atoms with Crippen molar-refractivity contribution in [2.24, 2.45) is 0 Å². The zero-order valence-electron chi connectivity index (χ0n) is 25.1. The Balaban J connectivity index is 1.84. The fourth-order valence-corrected chi connectivity index (χ4v) is 6.94. The van der Waals surface area contributed by atoms with Gasteiger partial charge in [0.2, 0.25) is 11.8 Å². The van der Waals surface area contributed by atoms with Gasteiger partial charge >= 0.3 is 0 Å². The van der Waals surface area contributed by atoms with Gasteiger partial charge < -0.3 is 10.2 Å². The standard InChI is InChI=1S/C34H34Cl3N3O4S/c1-34(2,3)38-33(42)31(20-24-12-6-4-7-13-24)39(22-25-14-10-11-17-28(25)36)32(41)23-40(30-19-18-26(35)21-29(30)37)45(43,44)27-15-8-5-9-16-27/h4-19,21,31H,20,22-23H2,1-3H3,(H,38,42). The smallest absolute Gasteiger partial charge is 0.264 e. The monoisotopic (exact) mass is 685 g/mol. The largest absolute Gasteiger partial charge is 0.350 e. The number of hydrogen-bond donors (Lipinski definition) is 1. The van der Waals surface area contributed by atoms with Gasteiger partial charge in [-0.15, -0.1) is 0 Å². The number of sulfonamides is 1. The van der Waals surface area contributed by atoms with E-state index in [0.29, 0.717) is 15.6 Å². The van der Waals surface area contributed by atoms with Gasteiger partial charge in [-0.05, 0) is 68.3 Å². The number of amides is 2. The van der Waals surface area contributed by atoms with Gasteiger partial charge in [0.1, 0.15) is 12.6 Å². The zero-order chi connectivity index (χ0) is 32.8. The van der Waals surface area contributed by atoms with Crippen molar-refractivity contribution >= 4 is 62.3 Å². The molecule has 0 heterocycles. The van der Waals surface area contributed by atoms with Crippen molar-refractivity contribution in [3.05, 3.63) is 129 Å². The molecule has 0 bridgehead atoms. The Kier molecular flexibility index (Phi) is 11.2. The van der Waals surface area contributed by atoms with Gasteiger partial charge in [-0.2, -0.15) is 0 Å². The van der Waals surface area contributed by atoms with E-state index >= 15 is 0 Å². The maximum Gasteiger partial charge on any atom is 0.264 e. The predicted octanol–water partition coefficient (Wildman–Crippen LogP) is 7.40. The van der Waals surface area contributed by atoms with Crippen molar-refractivity contribution in [2.75, 3.05) is 10.8 Å². The molecule has 45 heavy (non-hydrogen) atoms. The highest BCUT2D eigenvalue weighted by Gasteiger charge is 2.36. The van der Waals surface area contributed by atoms with E-state index in [2.05, 4.69) is 5.32 Å². The summed E-state index contributed by atoms with van der Waals surface area (Å²) in [5.41, 5.74) is 0.869. The molecule has 0 aliphatic rings. The van der Waals surface area contributed by atoms with Gasteiger partial charge in [-0.1, -0.05) is 102 Å². The third-order valence-electron chi connectivity index (χ3n) is 6.86. The minimum Gasteiger partial charge on any atom is -0.350 e. The number of nitrogens with one attached hydrogen (secondary N) is 1. The predicted molar refractivity (Wildman–Crippen MR) is 181 cm³/mol. The SMILES string of the molecule is CC(C)(C)NC(=O)C(Cc1ccccc1)N(Cc1ccccc1Cl)C(=O)CN(c1ccc(Cl)cc1Cl)S(=O)(=O)c1ccccc1. The fraction of sp³-hybridized carbons (Fsp3) is 0.235. The Hall–Kier alpha value is -3.56. The van der Waals surface area contributed by atoms with Crippen LogP contribution >= 0.6 is 34.8 Å². The van der Waals surface area contributed by atoms with E-state index in [-0.39, 0.29) is 28.6 Å². The summed E-state index contributed by atoms with van der Waals surface area (Å²) in [4.78, 5) is 29.8.